The van der Waals surface area contributed by atoms with Crippen LogP contribution >= 0.6 is 15.9 Å². The van der Waals surface area contributed by atoms with Crippen molar-refractivity contribution in [1.29, 1.82) is 0 Å². The molecule has 0 heterocycles. The first-order valence-corrected chi connectivity index (χ1v) is 6.30. The smallest absolute Gasteiger partial charge is 0.256 e. The van der Waals surface area contributed by atoms with Gasteiger partial charge in [-0.15, -0.1) is 0 Å². The van der Waals surface area contributed by atoms with E-state index >= 15 is 0 Å². The van der Waals surface area contributed by atoms with Crippen LogP contribution in [0, 0.1) is 18.6 Å². The summed E-state index contributed by atoms with van der Waals surface area (Å²) in [7, 11) is 0. The maximum Gasteiger partial charge on any atom is 0.256 e. The van der Waals surface area contributed by atoms with Crippen molar-refractivity contribution in [1.82, 2.24) is 0 Å². The third-order valence-corrected chi connectivity index (χ3v) is 3.31. The number of rotatable bonds is 2. The molecule has 0 saturated carbocycles. The van der Waals surface area contributed by atoms with Crippen LogP contribution in [0.2, 0.25) is 0 Å². The van der Waals surface area contributed by atoms with E-state index in [1.807, 2.05) is 0 Å². The molecule has 0 bridgehead atoms. The zero-order valence-electron chi connectivity index (χ0n) is 10.0. The first kappa shape index (κ1) is 13.7. The second kappa shape index (κ2) is 5.48. The zero-order valence-corrected chi connectivity index (χ0v) is 11.6. The van der Waals surface area contributed by atoms with Crippen LogP contribution in [0.15, 0.2) is 40.9 Å². The Labute approximate surface area is 117 Å². The average molecular weight is 326 g/mol. The maximum absolute atomic E-state index is 13.6. The number of carbonyl (C=O) groups is 1. The molecular formula is C14H10BrF2NO. The lowest BCUT2D eigenvalue weighted by Gasteiger charge is -2.09. The molecule has 0 aliphatic heterocycles. The minimum atomic E-state index is -0.667. The monoisotopic (exact) mass is 325 g/mol. The summed E-state index contributed by atoms with van der Waals surface area (Å²) < 4.78 is 27.6. The maximum atomic E-state index is 13.6. The second-order valence-electron chi connectivity index (χ2n) is 4.02. The fourth-order valence-corrected chi connectivity index (χ4v) is 2.04. The zero-order chi connectivity index (χ0) is 14.0. The lowest BCUT2D eigenvalue weighted by Crippen LogP contribution is -2.14. The molecule has 0 atom stereocenters. The standard InChI is InChI=1S/C14H10BrF2NO/c1-8-6-12(17)13(7-11(8)16)18-14(19)9-4-2-3-5-10(9)15/h2-7H,1H3,(H,18,19). The highest BCUT2D eigenvalue weighted by Crippen LogP contribution is 2.21. The summed E-state index contributed by atoms with van der Waals surface area (Å²) >= 11 is 3.23. The van der Waals surface area contributed by atoms with Crippen molar-refractivity contribution < 1.29 is 13.6 Å². The third kappa shape index (κ3) is 2.98. The number of benzene rings is 2. The highest BCUT2D eigenvalue weighted by Gasteiger charge is 2.13. The largest absolute Gasteiger partial charge is 0.319 e. The van der Waals surface area contributed by atoms with E-state index in [9.17, 15) is 13.6 Å². The Balaban J connectivity index is 2.30. The average Bonchev–Trinajstić information content (AvgIpc) is 2.36. The summed E-state index contributed by atoms with van der Waals surface area (Å²) in [6, 6.07) is 8.74. The number of amides is 1. The van der Waals surface area contributed by atoms with Crippen LogP contribution in [-0.2, 0) is 0 Å². The predicted octanol–water partition coefficient (Wildman–Crippen LogP) is 4.29. The fourth-order valence-electron chi connectivity index (χ4n) is 1.58. The highest BCUT2D eigenvalue weighted by molar-refractivity contribution is 9.10. The van der Waals surface area contributed by atoms with Gasteiger partial charge in [-0.3, -0.25) is 4.79 Å². The Morgan fingerprint density at radius 1 is 1.16 bits per heavy atom. The molecule has 0 unspecified atom stereocenters. The van der Waals surface area contributed by atoms with Crippen molar-refractivity contribution in [3.8, 4) is 0 Å². The van der Waals surface area contributed by atoms with Crippen molar-refractivity contribution in [3.05, 3.63) is 63.6 Å². The summed E-state index contributed by atoms with van der Waals surface area (Å²) in [5.41, 5.74) is 0.364. The molecule has 2 aromatic carbocycles. The molecule has 0 aliphatic rings. The Hall–Kier alpha value is -1.75. The lowest BCUT2D eigenvalue weighted by atomic mass is 10.1. The molecule has 0 fully saturated rings. The second-order valence-corrected chi connectivity index (χ2v) is 4.87. The van der Waals surface area contributed by atoms with Crippen LogP contribution in [0.25, 0.3) is 0 Å². The van der Waals surface area contributed by atoms with Crippen LogP contribution in [0.5, 0.6) is 0 Å². The number of hydrogen-bond acceptors (Lipinski definition) is 1. The lowest BCUT2D eigenvalue weighted by molar-refractivity contribution is 0.102. The molecule has 0 saturated heterocycles. The van der Waals surface area contributed by atoms with Gasteiger partial charge in [-0.25, -0.2) is 8.78 Å². The SMILES string of the molecule is Cc1cc(F)c(NC(=O)c2ccccc2Br)cc1F. The van der Waals surface area contributed by atoms with Gasteiger partial charge in [-0.05, 0) is 46.6 Å². The first-order valence-electron chi connectivity index (χ1n) is 5.50. The van der Waals surface area contributed by atoms with Gasteiger partial charge < -0.3 is 5.32 Å². The minimum Gasteiger partial charge on any atom is -0.319 e. The van der Waals surface area contributed by atoms with Gasteiger partial charge in [0.2, 0.25) is 0 Å². The molecule has 98 valence electrons. The van der Waals surface area contributed by atoms with Crippen molar-refractivity contribution in [3.63, 3.8) is 0 Å². The molecule has 0 radical (unpaired) electrons. The van der Waals surface area contributed by atoms with E-state index < -0.39 is 17.5 Å². The molecule has 2 aromatic rings. The number of nitrogens with one attached hydrogen (secondary N) is 1. The van der Waals surface area contributed by atoms with E-state index in [2.05, 4.69) is 21.2 Å². The van der Waals surface area contributed by atoms with E-state index in [-0.39, 0.29) is 11.3 Å². The molecule has 19 heavy (non-hydrogen) atoms. The molecular weight excluding hydrogens is 316 g/mol. The predicted molar refractivity (Wildman–Crippen MR) is 73.2 cm³/mol. The van der Waals surface area contributed by atoms with E-state index in [4.69, 9.17) is 0 Å². The quantitative estimate of drug-likeness (QED) is 0.876. The van der Waals surface area contributed by atoms with Gasteiger partial charge in [0.05, 0.1) is 11.3 Å². The van der Waals surface area contributed by atoms with Gasteiger partial charge in [0, 0.05) is 10.5 Å². The number of halogens is 3. The van der Waals surface area contributed by atoms with Crippen LogP contribution < -0.4 is 5.32 Å². The van der Waals surface area contributed by atoms with Gasteiger partial charge in [0.1, 0.15) is 11.6 Å². The molecule has 5 heteroatoms. The molecule has 1 amide bonds. The Morgan fingerprint density at radius 2 is 1.84 bits per heavy atom. The minimum absolute atomic E-state index is 0.177. The van der Waals surface area contributed by atoms with Crippen molar-refractivity contribution in [2.24, 2.45) is 0 Å². The number of anilines is 1. The van der Waals surface area contributed by atoms with Crippen LogP contribution in [0.4, 0.5) is 14.5 Å². The van der Waals surface area contributed by atoms with Crippen LogP contribution in [0.1, 0.15) is 15.9 Å². The van der Waals surface area contributed by atoms with Gasteiger partial charge in [-0.1, -0.05) is 12.1 Å². The Kier molecular flexibility index (Phi) is 3.95. The number of hydrogen-bond donors (Lipinski definition) is 1. The van der Waals surface area contributed by atoms with E-state index in [1.165, 1.54) is 6.92 Å². The summed E-state index contributed by atoms with van der Waals surface area (Å²) in [4.78, 5) is 12.0. The van der Waals surface area contributed by atoms with E-state index in [0.29, 0.717) is 10.0 Å². The summed E-state index contributed by atoms with van der Waals surface area (Å²) in [5, 5.41) is 2.35. The van der Waals surface area contributed by atoms with Gasteiger partial charge in [0.15, 0.2) is 0 Å². The van der Waals surface area contributed by atoms with Crippen molar-refractivity contribution in [2.45, 2.75) is 6.92 Å². The molecule has 0 aliphatic carbocycles. The van der Waals surface area contributed by atoms with Gasteiger partial charge >= 0.3 is 0 Å². The molecule has 2 rings (SSSR count). The Morgan fingerprint density at radius 3 is 2.53 bits per heavy atom. The Bertz CT molecular complexity index is 643. The summed E-state index contributed by atoms with van der Waals surface area (Å²) in [6.45, 7) is 1.46. The van der Waals surface area contributed by atoms with Crippen LogP contribution in [0.3, 0.4) is 0 Å². The topological polar surface area (TPSA) is 29.1 Å². The molecule has 2 nitrogen and oxygen atoms in total. The summed E-state index contributed by atoms with van der Waals surface area (Å²) in [6.07, 6.45) is 0. The van der Waals surface area contributed by atoms with E-state index in [0.717, 1.165) is 12.1 Å². The number of aryl methyl sites for hydroxylation is 1. The van der Waals surface area contributed by atoms with Crippen molar-refractivity contribution >= 4 is 27.5 Å². The molecule has 0 aromatic heterocycles. The molecule has 1 N–H and O–H groups in total. The van der Waals surface area contributed by atoms with Crippen LogP contribution in [-0.4, -0.2) is 5.91 Å². The third-order valence-electron chi connectivity index (χ3n) is 2.61. The molecule has 0 spiro atoms. The van der Waals surface area contributed by atoms with Gasteiger partial charge in [-0.2, -0.15) is 0 Å². The van der Waals surface area contributed by atoms with Gasteiger partial charge in [0.25, 0.3) is 5.91 Å². The first-order chi connectivity index (χ1) is 8.99. The number of carbonyl (C=O) groups excluding carboxylic acids is 1. The van der Waals surface area contributed by atoms with E-state index in [1.54, 1.807) is 24.3 Å². The normalized spacial score (nSPS) is 10.3. The fraction of sp³-hybridized carbons (Fsp3) is 0.0714. The van der Waals surface area contributed by atoms with Crippen molar-refractivity contribution in [2.75, 3.05) is 5.32 Å². The highest BCUT2D eigenvalue weighted by atomic mass is 79.9. The summed E-state index contributed by atoms with van der Waals surface area (Å²) in [5.74, 6) is -1.74.